The first-order valence-corrected chi connectivity index (χ1v) is 14.6. The third kappa shape index (κ3) is 5.09. The van der Waals surface area contributed by atoms with Crippen LogP contribution in [0.2, 0.25) is 0 Å². The van der Waals surface area contributed by atoms with Crippen molar-refractivity contribution in [2.75, 3.05) is 13.1 Å². The molecule has 5 rings (SSSR count). The van der Waals surface area contributed by atoms with Crippen LogP contribution in [0.25, 0.3) is 16.9 Å². The van der Waals surface area contributed by atoms with E-state index in [1.165, 1.54) is 11.1 Å². The Kier molecular flexibility index (Phi) is 6.97. The van der Waals surface area contributed by atoms with Crippen molar-refractivity contribution in [3.8, 4) is 16.9 Å². The summed E-state index contributed by atoms with van der Waals surface area (Å²) in [7, 11) is -3.48. The quantitative estimate of drug-likeness (QED) is 0.304. The number of sulfonamides is 1. The van der Waals surface area contributed by atoms with Gasteiger partial charge in [0.05, 0.1) is 16.3 Å². The summed E-state index contributed by atoms with van der Waals surface area (Å²) in [6, 6.07) is 23.8. The molecule has 36 heavy (non-hydrogen) atoms. The predicted molar refractivity (Wildman–Crippen MR) is 147 cm³/mol. The lowest BCUT2D eigenvalue weighted by atomic mass is 10.0. The Morgan fingerprint density at radius 3 is 2.03 bits per heavy atom. The first-order chi connectivity index (χ1) is 17.3. The summed E-state index contributed by atoms with van der Waals surface area (Å²) >= 11 is 1.57. The van der Waals surface area contributed by atoms with E-state index in [1.807, 2.05) is 24.3 Å². The second-order valence-electron chi connectivity index (χ2n) is 9.63. The number of hydrogen-bond donors (Lipinski definition) is 0. The third-order valence-corrected chi connectivity index (χ3v) is 9.53. The Labute approximate surface area is 217 Å². The Bertz CT molecular complexity index is 1510. The molecule has 2 heterocycles. The maximum absolute atomic E-state index is 13.2. The Morgan fingerprint density at radius 2 is 1.42 bits per heavy atom. The zero-order valence-electron chi connectivity index (χ0n) is 20.9. The van der Waals surface area contributed by atoms with Gasteiger partial charge in [-0.1, -0.05) is 54.4 Å². The summed E-state index contributed by atoms with van der Waals surface area (Å²) in [5.74, 6) is 0.578. The molecule has 1 aromatic heterocycles. The fourth-order valence-electron chi connectivity index (χ4n) is 4.44. The summed E-state index contributed by atoms with van der Waals surface area (Å²) in [5.41, 5.74) is 6.22. The minimum Gasteiger partial charge on any atom is -0.285 e. The first kappa shape index (κ1) is 24.7. The van der Waals surface area contributed by atoms with Gasteiger partial charge in [-0.3, -0.25) is 4.57 Å². The van der Waals surface area contributed by atoms with Crippen molar-refractivity contribution in [3.05, 3.63) is 94.1 Å². The smallest absolute Gasteiger partial charge is 0.243 e. The molecular weight excluding hydrogens is 486 g/mol. The molecule has 1 fully saturated rings. The topological polar surface area (TPSA) is 54.7 Å². The number of aromatic nitrogens is 1. The second-order valence-corrected chi connectivity index (χ2v) is 12.4. The van der Waals surface area contributed by atoms with Gasteiger partial charge in [0, 0.05) is 24.2 Å². The number of piperidine rings is 1. The van der Waals surface area contributed by atoms with E-state index < -0.39 is 10.0 Å². The van der Waals surface area contributed by atoms with Crippen LogP contribution in [0.5, 0.6) is 0 Å². The van der Waals surface area contributed by atoms with E-state index in [9.17, 15) is 8.42 Å². The molecule has 0 spiro atoms. The number of aryl methyl sites for hydroxylation is 2. The Hall–Kier alpha value is -3.00. The van der Waals surface area contributed by atoms with Crippen LogP contribution < -0.4 is 4.80 Å². The van der Waals surface area contributed by atoms with Crippen LogP contribution in [0.1, 0.15) is 30.9 Å². The maximum Gasteiger partial charge on any atom is 0.243 e. The van der Waals surface area contributed by atoms with Crippen molar-refractivity contribution >= 4 is 27.0 Å². The average Bonchev–Trinajstić information content (AvgIpc) is 3.29. The van der Waals surface area contributed by atoms with E-state index in [1.54, 1.807) is 27.8 Å². The van der Waals surface area contributed by atoms with Gasteiger partial charge in [0.1, 0.15) is 0 Å². The van der Waals surface area contributed by atoms with Crippen LogP contribution in [0, 0.1) is 19.8 Å². The highest BCUT2D eigenvalue weighted by atomic mass is 32.2. The van der Waals surface area contributed by atoms with Crippen molar-refractivity contribution in [2.45, 2.75) is 38.5 Å². The number of thiazole rings is 1. The summed E-state index contributed by atoms with van der Waals surface area (Å²) in [6.45, 7) is 7.50. The van der Waals surface area contributed by atoms with Crippen molar-refractivity contribution in [3.63, 3.8) is 0 Å². The van der Waals surface area contributed by atoms with E-state index in [-0.39, 0.29) is 0 Å². The van der Waals surface area contributed by atoms with Gasteiger partial charge < -0.3 is 0 Å². The van der Waals surface area contributed by atoms with Gasteiger partial charge in [-0.25, -0.2) is 13.4 Å². The number of hydrogen-bond acceptors (Lipinski definition) is 4. The lowest BCUT2D eigenvalue weighted by molar-refractivity contribution is 0.288. The van der Waals surface area contributed by atoms with E-state index in [0.717, 1.165) is 40.3 Å². The molecule has 0 saturated carbocycles. The molecule has 0 amide bonds. The number of rotatable bonds is 5. The second kappa shape index (κ2) is 10.2. The van der Waals surface area contributed by atoms with Gasteiger partial charge in [-0.2, -0.15) is 4.31 Å². The lowest BCUT2D eigenvalue weighted by Gasteiger charge is -2.29. The molecule has 1 aliphatic heterocycles. The summed E-state index contributed by atoms with van der Waals surface area (Å²) < 4.78 is 30.2. The maximum atomic E-state index is 13.2. The highest BCUT2D eigenvalue weighted by Crippen LogP contribution is 2.28. The van der Waals surface area contributed by atoms with Crippen molar-refractivity contribution in [1.29, 1.82) is 0 Å². The van der Waals surface area contributed by atoms with Crippen LogP contribution in [-0.4, -0.2) is 30.4 Å². The van der Waals surface area contributed by atoms with Crippen LogP contribution in [0.15, 0.2) is 88.1 Å². The van der Waals surface area contributed by atoms with Crippen LogP contribution >= 0.6 is 11.3 Å². The Morgan fingerprint density at radius 1 is 0.833 bits per heavy atom. The standard InChI is InChI=1S/C29H31N3O2S2/c1-21-4-10-25(11-5-21)30-29-32(26-12-6-22(2)7-13-26)28(20-35-29)24-8-14-27(15-9-24)36(33,34)31-18-16-23(3)17-19-31/h4-15,20,23H,16-19H2,1-3H3. The van der Waals surface area contributed by atoms with Gasteiger partial charge in [0.15, 0.2) is 4.80 Å². The molecule has 0 radical (unpaired) electrons. The van der Waals surface area contributed by atoms with Crippen molar-refractivity contribution in [1.82, 2.24) is 8.87 Å². The van der Waals surface area contributed by atoms with Gasteiger partial charge >= 0.3 is 0 Å². The minimum absolute atomic E-state index is 0.350. The minimum atomic E-state index is -3.48. The summed E-state index contributed by atoms with van der Waals surface area (Å²) in [5, 5.41) is 2.09. The van der Waals surface area contributed by atoms with E-state index in [4.69, 9.17) is 4.99 Å². The number of benzene rings is 3. The summed E-state index contributed by atoms with van der Waals surface area (Å²) in [6.07, 6.45) is 1.83. The van der Waals surface area contributed by atoms with Crippen molar-refractivity contribution in [2.24, 2.45) is 10.9 Å². The highest BCUT2D eigenvalue weighted by Gasteiger charge is 2.28. The zero-order chi connectivity index (χ0) is 25.3. The van der Waals surface area contributed by atoms with Gasteiger partial charge in [-0.05, 0) is 74.6 Å². The molecule has 0 aliphatic carbocycles. The molecule has 0 N–H and O–H groups in total. The monoisotopic (exact) mass is 517 g/mol. The predicted octanol–water partition coefficient (Wildman–Crippen LogP) is 6.48. The molecular formula is C29H31N3O2S2. The van der Waals surface area contributed by atoms with Crippen LogP contribution in [-0.2, 0) is 10.0 Å². The average molecular weight is 518 g/mol. The molecule has 0 atom stereocenters. The Balaban J connectivity index is 1.55. The molecule has 5 nitrogen and oxygen atoms in total. The fourth-order valence-corrected chi connectivity index (χ4v) is 6.83. The molecule has 1 saturated heterocycles. The molecule has 1 aliphatic rings. The van der Waals surface area contributed by atoms with Crippen LogP contribution in [0.4, 0.5) is 5.69 Å². The molecule has 3 aromatic carbocycles. The van der Waals surface area contributed by atoms with Gasteiger partial charge in [-0.15, -0.1) is 11.3 Å². The molecule has 7 heteroatoms. The first-order valence-electron chi connectivity index (χ1n) is 12.3. The number of nitrogens with zero attached hydrogens (tertiary/aromatic N) is 3. The summed E-state index contributed by atoms with van der Waals surface area (Å²) in [4.78, 5) is 6.14. The fraction of sp³-hybridized carbons (Fsp3) is 0.276. The van der Waals surface area contributed by atoms with E-state index in [0.29, 0.717) is 23.9 Å². The SMILES string of the molecule is Cc1ccc(N=c2scc(-c3ccc(S(=O)(=O)N4CCC(C)CC4)cc3)n2-c2ccc(C)cc2)cc1. The highest BCUT2D eigenvalue weighted by molar-refractivity contribution is 7.89. The van der Waals surface area contributed by atoms with Gasteiger partial charge in [0.2, 0.25) is 10.0 Å². The van der Waals surface area contributed by atoms with Crippen LogP contribution in [0.3, 0.4) is 0 Å². The normalized spacial score (nSPS) is 15.9. The zero-order valence-corrected chi connectivity index (χ0v) is 22.5. The van der Waals surface area contributed by atoms with E-state index in [2.05, 4.69) is 67.1 Å². The molecule has 4 aromatic rings. The molecule has 0 bridgehead atoms. The third-order valence-electron chi connectivity index (χ3n) is 6.79. The molecule has 0 unspecified atom stereocenters. The lowest BCUT2D eigenvalue weighted by Crippen LogP contribution is -2.37. The van der Waals surface area contributed by atoms with Crippen molar-refractivity contribution < 1.29 is 8.42 Å². The largest absolute Gasteiger partial charge is 0.285 e. The molecule has 186 valence electrons. The van der Waals surface area contributed by atoms with E-state index >= 15 is 0 Å². The van der Waals surface area contributed by atoms with Gasteiger partial charge in [0.25, 0.3) is 0 Å².